The molecule has 0 radical (unpaired) electrons. The van der Waals surface area contributed by atoms with Crippen LogP contribution >= 0.6 is 11.6 Å². The van der Waals surface area contributed by atoms with Crippen LogP contribution in [0.4, 0.5) is 5.82 Å². The van der Waals surface area contributed by atoms with Crippen molar-refractivity contribution >= 4 is 38.5 Å². The number of halogens is 1. The number of ether oxygens (including phenoxy) is 1. The molecule has 1 saturated carbocycles. The maximum Gasteiger partial charge on any atom is 0.261 e. The van der Waals surface area contributed by atoms with Gasteiger partial charge in [0.05, 0.1) is 35.6 Å². The Labute approximate surface area is 144 Å². The van der Waals surface area contributed by atoms with Gasteiger partial charge in [0.2, 0.25) is 5.28 Å². The van der Waals surface area contributed by atoms with Gasteiger partial charge in [0.15, 0.2) is 5.65 Å². The van der Waals surface area contributed by atoms with Gasteiger partial charge in [-0.15, -0.1) is 4.09 Å². The van der Waals surface area contributed by atoms with E-state index < -0.39 is 14.8 Å². The van der Waals surface area contributed by atoms with Crippen LogP contribution in [0.15, 0.2) is 6.20 Å². The second kappa shape index (κ2) is 5.27. The summed E-state index contributed by atoms with van der Waals surface area (Å²) >= 11 is 6.08. The van der Waals surface area contributed by atoms with Crippen LogP contribution in [-0.2, 0) is 14.8 Å². The summed E-state index contributed by atoms with van der Waals surface area (Å²) in [5.41, 5.74) is 0.233. The van der Waals surface area contributed by atoms with Gasteiger partial charge < -0.3 is 9.64 Å². The lowest BCUT2D eigenvalue weighted by molar-refractivity contribution is 0.0987. The fourth-order valence-corrected chi connectivity index (χ4v) is 4.66. The van der Waals surface area contributed by atoms with Gasteiger partial charge in [-0.25, -0.2) is 8.42 Å². The molecule has 2 aromatic rings. The molecule has 24 heavy (non-hydrogen) atoms. The second-order valence-corrected chi connectivity index (χ2v) is 9.23. The summed E-state index contributed by atoms with van der Waals surface area (Å²) in [4.78, 5) is 10.5. The molecule has 0 spiro atoms. The third-order valence-electron chi connectivity index (χ3n) is 4.80. The number of nitrogens with zero attached hydrogens (tertiary/aromatic N) is 5. The van der Waals surface area contributed by atoms with Gasteiger partial charge in [0.25, 0.3) is 10.0 Å². The molecule has 4 rings (SSSR count). The Bertz CT molecular complexity index is 909. The van der Waals surface area contributed by atoms with E-state index in [0.717, 1.165) is 4.09 Å². The van der Waals surface area contributed by atoms with E-state index in [2.05, 4.69) is 20.0 Å². The molecule has 0 bridgehead atoms. The Morgan fingerprint density at radius 1 is 1.38 bits per heavy atom. The minimum atomic E-state index is -3.61. The molecule has 1 saturated heterocycles. The summed E-state index contributed by atoms with van der Waals surface area (Å²) in [6, 6.07) is 0.105. The molecule has 1 aliphatic carbocycles. The highest BCUT2D eigenvalue weighted by molar-refractivity contribution is 7.91. The highest BCUT2D eigenvalue weighted by Gasteiger charge is 2.52. The van der Waals surface area contributed by atoms with E-state index in [4.69, 9.17) is 16.3 Å². The number of rotatable bonds is 3. The van der Waals surface area contributed by atoms with Crippen LogP contribution in [0.5, 0.6) is 0 Å². The topological polar surface area (TPSA) is 90.2 Å². The standard InChI is InChI=1S/C14H18ClN5O3S/c1-9-8-23-6-5-19(9)11-10-7-16-20(12(10)18-13(15)17-11)24(21,22)14(2)3-4-14/h7,9H,3-6,8H2,1-2H3. The smallest absolute Gasteiger partial charge is 0.261 e. The lowest BCUT2D eigenvalue weighted by Gasteiger charge is -2.34. The van der Waals surface area contributed by atoms with Gasteiger partial charge in [-0.2, -0.15) is 15.1 Å². The van der Waals surface area contributed by atoms with Gasteiger partial charge >= 0.3 is 0 Å². The SMILES string of the molecule is CC1COCCN1c1nc(Cl)nc2c1cnn2S(=O)(=O)C1(C)CC1. The zero-order chi connectivity index (χ0) is 17.1. The Balaban J connectivity index is 1.89. The first-order valence-corrected chi connectivity index (χ1v) is 9.66. The molecule has 3 heterocycles. The molecule has 0 amide bonds. The minimum Gasteiger partial charge on any atom is -0.377 e. The van der Waals surface area contributed by atoms with Crippen LogP contribution < -0.4 is 4.90 Å². The molecule has 1 aliphatic heterocycles. The molecule has 2 fully saturated rings. The summed E-state index contributed by atoms with van der Waals surface area (Å²) in [6.45, 7) is 5.56. The average Bonchev–Trinajstić information content (AvgIpc) is 3.15. The second-order valence-electron chi connectivity index (χ2n) is 6.61. The van der Waals surface area contributed by atoms with Crippen molar-refractivity contribution in [2.75, 3.05) is 24.7 Å². The van der Waals surface area contributed by atoms with Crippen molar-refractivity contribution in [2.45, 2.75) is 37.5 Å². The molecule has 1 unspecified atom stereocenters. The maximum absolute atomic E-state index is 12.8. The molecule has 2 aromatic heterocycles. The number of aromatic nitrogens is 4. The Morgan fingerprint density at radius 3 is 2.79 bits per heavy atom. The van der Waals surface area contributed by atoms with E-state index >= 15 is 0 Å². The van der Waals surface area contributed by atoms with Crippen molar-refractivity contribution in [3.05, 3.63) is 11.5 Å². The summed E-state index contributed by atoms with van der Waals surface area (Å²) in [6.07, 6.45) is 2.76. The van der Waals surface area contributed by atoms with Crippen molar-refractivity contribution in [3.8, 4) is 0 Å². The van der Waals surface area contributed by atoms with Gasteiger partial charge in [0, 0.05) is 6.54 Å². The Kier molecular flexibility index (Phi) is 3.52. The van der Waals surface area contributed by atoms with E-state index in [9.17, 15) is 8.42 Å². The molecule has 130 valence electrons. The predicted molar refractivity (Wildman–Crippen MR) is 89.9 cm³/mol. The quantitative estimate of drug-likeness (QED) is 0.754. The number of hydrogen-bond acceptors (Lipinski definition) is 7. The van der Waals surface area contributed by atoms with Gasteiger partial charge in [0.1, 0.15) is 5.82 Å². The molecule has 8 nitrogen and oxygen atoms in total. The molecular formula is C14H18ClN5O3S. The largest absolute Gasteiger partial charge is 0.377 e. The van der Waals surface area contributed by atoms with Crippen molar-refractivity contribution in [2.24, 2.45) is 0 Å². The summed E-state index contributed by atoms with van der Waals surface area (Å²) in [5, 5.41) is 4.70. The highest BCUT2D eigenvalue weighted by atomic mass is 35.5. The van der Waals surface area contributed by atoms with E-state index in [0.29, 0.717) is 43.8 Å². The fraction of sp³-hybridized carbons (Fsp3) is 0.643. The molecule has 1 atom stereocenters. The third-order valence-corrected chi connectivity index (χ3v) is 7.34. The first kappa shape index (κ1) is 16.0. The van der Waals surface area contributed by atoms with E-state index in [-0.39, 0.29) is 17.0 Å². The normalized spacial score (nSPS) is 23.6. The van der Waals surface area contributed by atoms with Crippen LogP contribution in [-0.4, -0.2) is 58.1 Å². The lowest BCUT2D eigenvalue weighted by atomic mass is 10.2. The Morgan fingerprint density at radius 2 is 2.12 bits per heavy atom. The van der Waals surface area contributed by atoms with Gasteiger partial charge in [-0.3, -0.25) is 0 Å². The third kappa shape index (κ3) is 2.29. The Hall–Kier alpha value is -1.45. The summed E-state index contributed by atoms with van der Waals surface area (Å²) in [7, 11) is -3.61. The van der Waals surface area contributed by atoms with Crippen molar-refractivity contribution < 1.29 is 13.2 Å². The van der Waals surface area contributed by atoms with Crippen LogP contribution in [0, 0.1) is 0 Å². The average molecular weight is 372 g/mol. The molecular weight excluding hydrogens is 354 g/mol. The molecule has 0 N–H and O–H groups in total. The number of morpholine rings is 1. The summed E-state index contributed by atoms with van der Waals surface area (Å²) in [5.74, 6) is 0.600. The van der Waals surface area contributed by atoms with Crippen LogP contribution in [0.1, 0.15) is 26.7 Å². The molecule has 2 aliphatic rings. The van der Waals surface area contributed by atoms with Gasteiger partial charge in [-0.05, 0) is 38.3 Å². The highest BCUT2D eigenvalue weighted by Crippen LogP contribution is 2.44. The lowest BCUT2D eigenvalue weighted by Crippen LogP contribution is -2.44. The van der Waals surface area contributed by atoms with Crippen LogP contribution in [0.2, 0.25) is 5.28 Å². The van der Waals surface area contributed by atoms with E-state index in [1.807, 2.05) is 6.92 Å². The molecule has 10 heteroatoms. The van der Waals surface area contributed by atoms with Gasteiger partial charge in [-0.1, -0.05) is 0 Å². The van der Waals surface area contributed by atoms with Crippen LogP contribution in [0.25, 0.3) is 11.0 Å². The number of fused-ring (bicyclic) bond motifs is 1. The van der Waals surface area contributed by atoms with Crippen molar-refractivity contribution in [1.82, 2.24) is 19.2 Å². The van der Waals surface area contributed by atoms with Crippen molar-refractivity contribution in [3.63, 3.8) is 0 Å². The van der Waals surface area contributed by atoms with Crippen molar-refractivity contribution in [1.29, 1.82) is 0 Å². The van der Waals surface area contributed by atoms with Crippen LogP contribution in [0.3, 0.4) is 0 Å². The number of hydrogen-bond donors (Lipinski definition) is 0. The predicted octanol–water partition coefficient (Wildman–Crippen LogP) is 1.44. The first-order chi connectivity index (χ1) is 11.3. The zero-order valence-corrected chi connectivity index (χ0v) is 15.0. The summed E-state index contributed by atoms with van der Waals surface area (Å²) < 4.78 is 31.3. The first-order valence-electron chi connectivity index (χ1n) is 7.84. The number of anilines is 1. The zero-order valence-electron chi connectivity index (χ0n) is 13.4. The van der Waals surface area contributed by atoms with E-state index in [1.165, 1.54) is 6.20 Å². The minimum absolute atomic E-state index is 0.00842. The fourth-order valence-electron chi connectivity index (χ4n) is 2.93. The maximum atomic E-state index is 12.8. The monoisotopic (exact) mass is 371 g/mol. The van der Waals surface area contributed by atoms with E-state index in [1.54, 1.807) is 6.92 Å². The molecule has 0 aromatic carbocycles.